The molecule has 0 radical (unpaired) electrons. The van der Waals surface area contributed by atoms with Crippen LogP contribution in [0, 0.1) is 29.1 Å². The lowest BCUT2D eigenvalue weighted by Crippen LogP contribution is -2.43. The fourth-order valence-electron chi connectivity index (χ4n) is 6.41. The van der Waals surface area contributed by atoms with E-state index in [2.05, 4.69) is 26.8 Å². The molecule has 4 aliphatic carbocycles. The summed E-state index contributed by atoms with van der Waals surface area (Å²) in [5.41, 5.74) is 6.37. The molecule has 0 N–H and O–H groups in total. The molecule has 0 heteroatoms. The van der Waals surface area contributed by atoms with Crippen LogP contribution in [0.4, 0.5) is 0 Å². The number of fused-ring (bicyclic) bond motifs is 2. The van der Waals surface area contributed by atoms with E-state index in [-0.39, 0.29) is 0 Å². The van der Waals surface area contributed by atoms with Crippen LogP contribution in [0.5, 0.6) is 0 Å². The molecule has 0 nitrogen and oxygen atoms in total. The third-order valence-corrected chi connectivity index (χ3v) is 8.20. The Morgan fingerprint density at radius 1 is 1.26 bits per heavy atom. The molecule has 0 spiro atoms. The van der Waals surface area contributed by atoms with Crippen molar-refractivity contribution in [1.82, 2.24) is 0 Å². The Labute approximate surface area is 143 Å². The summed E-state index contributed by atoms with van der Waals surface area (Å²) in [7, 11) is 0. The van der Waals surface area contributed by atoms with Gasteiger partial charge in [0.25, 0.3) is 0 Å². The molecule has 5 unspecified atom stereocenters. The number of hydrogen-bond acceptors (Lipinski definition) is 0. The van der Waals surface area contributed by atoms with E-state index >= 15 is 0 Å². The Hall–Kier alpha value is -0.520. The van der Waals surface area contributed by atoms with E-state index in [9.17, 15) is 0 Å². The fraction of sp³-hybridized carbons (Fsp3) is 0.826. The minimum Gasteiger partial charge on any atom is -0.0853 e. The summed E-state index contributed by atoms with van der Waals surface area (Å²) in [4.78, 5) is 0. The monoisotopic (exact) mass is 312 g/mol. The van der Waals surface area contributed by atoms with Crippen LogP contribution in [0.2, 0.25) is 0 Å². The second-order valence-electron chi connectivity index (χ2n) is 9.54. The van der Waals surface area contributed by atoms with Gasteiger partial charge in [0.1, 0.15) is 0 Å². The smallest absolute Gasteiger partial charge is 0.0146 e. The first-order valence-corrected chi connectivity index (χ1v) is 10.5. The predicted octanol–water partition coefficient (Wildman–Crippen LogP) is 7.07. The van der Waals surface area contributed by atoms with Crippen molar-refractivity contribution < 1.29 is 0 Å². The van der Waals surface area contributed by atoms with Crippen molar-refractivity contribution in [2.75, 3.05) is 0 Å². The molecule has 0 aromatic rings. The summed E-state index contributed by atoms with van der Waals surface area (Å²) in [6.07, 6.45) is 18.3. The van der Waals surface area contributed by atoms with E-state index in [1.807, 2.05) is 11.1 Å². The van der Waals surface area contributed by atoms with Crippen molar-refractivity contribution in [3.63, 3.8) is 0 Å². The highest BCUT2D eigenvalue weighted by Crippen LogP contribution is 2.63. The quantitative estimate of drug-likeness (QED) is 0.476. The van der Waals surface area contributed by atoms with Gasteiger partial charge in [-0.1, -0.05) is 43.6 Å². The summed E-state index contributed by atoms with van der Waals surface area (Å²) < 4.78 is 0. The Kier molecular flexibility index (Phi) is 4.23. The average Bonchev–Trinajstić information content (AvgIpc) is 3.18. The topological polar surface area (TPSA) is 0 Å². The molecule has 1 fully saturated rings. The van der Waals surface area contributed by atoms with E-state index < -0.39 is 0 Å². The van der Waals surface area contributed by atoms with E-state index in [1.54, 1.807) is 5.57 Å². The van der Waals surface area contributed by atoms with E-state index in [0.717, 1.165) is 23.7 Å². The van der Waals surface area contributed by atoms with Crippen molar-refractivity contribution in [1.29, 1.82) is 0 Å². The van der Waals surface area contributed by atoms with E-state index in [4.69, 9.17) is 0 Å². The second kappa shape index (κ2) is 6.08. The first kappa shape index (κ1) is 16.0. The maximum atomic E-state index is 2.59. The van der Waals surface area contributed by atoms with Gasteiger partial charge in [0.15, 0.2) is 0 Å². The van der Waals surface area contributed by atoms with Crippen LogP contribution in [-0.2, 0) is 0 Å². The van der Waals surface area contributed by atoms with Crippen molar-refractivity contribution in [2.24, 2.45) is 29.1 Å². The molecule has 0 heterocycles. The highest BCUT2D eigenvalue weighted by Gasteiger charge is 2.52. The van der Waals surface area contributed by atoms with E-state index in [0.29, 0.717) is 5.41 Å². The van der Waals surface area contributed by atoms with Crippen LogP contribution in [0.25, 0.3) is 0 Å². The van der Waals surface area contributed by atoms with Gasteiger partial charge < -0.3 is 0 Å². The summed E-state index contributed by atoms with van der Waals surface area (Å²) in [5, 5.41) is 0. The molecule has 0 amide bonds. The van der Waals surface area contributed by atoms with Crippen molar-refractivity contribution in [3.8, 4) is 0 Å². The predicted molar refractivity (Wildman–Crippen MR) is 99.3 cm³/mol. The minimum absolute atomic E-state index is 0.687. The SMILES string of the molecule is CCC1CC2(C)CCC2C2=C1CC(C(C)CCC1=CCCC1)C2. The zero-order chi connectivity index (χ0) is 16.0. The lowest BCUT2D eigenvalue weighted by Gasteiger charge is -2.54. The number of allylic oxidation sites excluding steroid dienone is 4. The molecule has 0 aromatic heterocycles. The maximum absolute atomic E-state index is 2.59. The number of hydrogen-bond donors (Lipinski definition) is 0. The first-order valence-electron chi connectivity index (χ1n) is 10.5. The lowest BCUT2D eigenvalue weighted by molar-refractivity contribution is 0.0372. The van der Waals surface area contributed by atoms with Crippen LogP contribution >= 0.6 is 0 Å². The van der Waals surface area contributed by atoms with Crippen LogP contribution in [0.3, 0.4) is 0 Å². The Balaban J connectivity index is 1.40. The van der Waals surface area contributed by atoms with Gasteiger partial charge in [-0.2, -0.15) is 0 Å². The molecule has 4 rings (SSSR count). The molecule has 128 valence electrons. The van der Waals surface area contributed by atoms with Crippen LogP contribution in [-0.4, -0.2) is 0 Å². The van der Waals surface area contributed by atoms with Crippen LogP contribution in [0.1, 0.15) is 91.4 Å². The zero-order valence-corrected chi connectivity index (χ0v) is 15.7. The van der Waals surface area contributed by atoms with Gasteiger partial charge in [-0.25, -0.2) is 0 Å². The van der Waals surface area contributed by atoms with E-state index in [1.165, 1.54) is 70.6 Å². The van der Waals surface area contributed by atoms with Gasteiger partial charge in [-0.15, -0.1) is 0 Å². The summed E-state index contributed by atoms with van der Waals surface area (Å²) in [5.74, 6) is 3.81. The molecule has 0 aliphatic heterocycles. The van der Waals surface area contributed by atoms with Crippen molar-refractivity contribution in [2.45, 2.75) is 91.4 Å². The standard InChI is InChI=1S/C23H36/c1-4-18-15-23(3)12-11-22(23)21-14-19(13-20(18)21)16(2)9-10-17-7-5-6-8-17/h7,16,18-19,22H,4-6,8-15H2,1-3H3. The van der Waals surface area contributed by atoms with Gasteiger partial charge in [-0.3, -0.25) is 0 Å². The van der Waals surface area contributed by atoms with Crippen LogP contribution in [0.15, 0.2) is 22.8 Å². The van der Waals surface area contributed by atoms with Gasteiger partial charge >= 0.3 is 0 Å². The molecule has 23 heavy (non-hydrogen) atoms. The third-order valence-electron chi connectivity index (χ3n) is 8.20. The molecule has 5 atom stereocenters. The highest BCUT2D eigenvalue weighted by atomic mass is 14.6. The molecule has 1 saturated carbocycles. The van der Waals surface area contributed by atoms with Gasteiger partial charge in [0.05, 0.1) is 0 Å². The maximum Gasteiger partial charge on any atom is -0.0146 e. The van der Waals surface area contributed by atoms with Crippen LogP contribution < -0.4 is 0 Å². The average molecular weight is 313 g/mol. The van der Waals surface area contributed by atoms with Gasteiger partial charge in [0, 0.05) is 0 Å². The zero-order valence-electron chi connectivity index (χ0n) is 15.7. The number of rotatable bonds is 5. The third kappa shape index (κ3) is 2.75. The minimum atomic E-state index is 0.687. The molecular weight excluding hydrogens is 276 g/mol. The van der Waals surface area contributed by atoms with Crippen molar-refractivity contribution >= 4 is 0 Å². The first-order chi connectivity index (χ1) is 11.1. The summed E-state index contributed by atoms with van der Waals surface area (Å²) in [6, 6.07) is 0. The molecular formula is C23H36. The lowest BCUT2D eigenvalue weighted by atomic mass is 9.51. The molecule has 0 aromatic carbocycles. The molecule has 0 saturated heterocycles. The normalized spacial score (nSPS) is 40.5. The van der Waals surface area contributed by atoms with Gasteiger partial charge in [-0.05, 0) is 99.7 Å². The fourth-order valence-corrected chi connectivity index (χ4v) is 6.41. The van der Waals surface area contributed by atoms with Crippen molar-refractivity contribution in [3.05, 3.63) is 22.8 Å². The Morgan fingerprint density at radius 3 is 2.74 bits per heavy atom. The van der Waals surface area contributed by atoms with Gasteiger partial charge in [0.2, 0.25) is 0 Å². The highest BCUT2D eigenvalue weighted by molar-refractivity contribution is 5.33. The molecule has 0 bridgehead atoms. The summed E-state index contributed by atoms with van der Waals surface area (Å²) in [6.45, 7) is 7.58. The summed E-state index contributed by atoms with van der Waals surface area (Å²) >= 11 is 0. The Bertz CT molecular complexity index is 522. The molecule has 4 aliphatic rings. The largest absolute Gasteiger partial charge is 0.0853 e. The second-order valence-corrected chi connectivity index (χ2v) is 9.54. The Morgan fingerprint density at radius 2 is 2.09 bits per heavy atom.